The second-order valence-corrected chi connectivity index (χ2v) is 5.13. The zero-order chi connectivity index (χ0) is 14.7. The number of hydrogen-bond donors (Lipinski definition) is 3. The number of carboxylic acid groups (broad SMARTS) is 2. The fourth-order valence-corrected chi connectivity index (χ4v) is 2.44. The molecule has 0 heterocycles. The van der Waals surface area contributed by atoms with E-state index in [0.717, 1.165) is 9.79 Å². The van der Waals surface area contributed by atoms with Gasteiger partial charge in [0.25, 0.3) is 0 Å². The standard InChI is InChI=1S/C14H11NO4S/c15-12-6-5-10(7-11(12)14(18)19)20-9-3-1-8(2-4-9)13(16)17/h1-7H,15H2,(H,16,17)(H,18,19). The maximum Gasteiger partial charge on any atom is 0.337 e. The summed E-state index contributed by atoms with van der Waals surface area (Å²) in [5.41, 5.74) is 6.05. The van der Waals surface area contributed by atoms with Crippen LogP contribution in [0.2, 0.25) is 0 Å². The first-order chi connectivity index (χ1) is 9.47. The van der Waals surface area contributed by atoms with E-state index in [9.17, 15) is 9.59 Å². The molecule has 2 aromatic rings. The molecular formula is C14H11NO4S. The number of carbonyl (C=O) groups is 2. The van der Waals surface area contributed by atoms with Crippen molar-refractivity contribution < 1.29 is 19.8 Å². The highest BCUT2D eigenvalue weighted by Gasteiger charge is 2.09. The number of hydrogen-bond acceptors (Lipinski definition) is 4. The lowest BCUT2D eigenvalue weighted by Gasteiger charge is -2.05. The summed E-state index contributed by atoms with van der Waals surface area (Å²) < 4.78 is 0. The maximum absolute atomic E-state index is 11.0. The molecule has 0 atom stereocenters. The van der Waals surface area contributed by atoms with Crippen molar-refractivity contribution in [3.05, 3.63) is 53.6 Å². The lowest BCUT2D eigenvalue weighted by Crippen LogP contribution is -2.02. The van der Waals surface area contributed by atoms with E-state index in [1.807, 2.05) is 0 Å². The molecule has 102 valence electrons. The molecule has 0 aliphatic rings. The molecule has 20 heavy (non-hydrogen) atoms. The van der Waals surface area contributed by atoms with E-state index in [1.54, 1.807) is 18.2 Å². The number of aromatic carboxylic acids is 2. The lowest BCUT2D eigenvalue weighted by molar-refractivity contribution is 0.0686. The SMILES string of the molecule is Nc1ccc(Sc2ccc(C(=O)O)cc2)cc1C(=O)O. The number of benzene rings is 2. The lowest BCUT2D eigenvalue weighted by atomic mass is 10.2. The molecule has 6 heteroatoms. The molecule has 0 unspecified atom stereocenters. The van der Waals surface area contributed by atoms with Crippen molar-refractivity contribution in [1.29, 1.82) is 0 Å². The van der Waals surface area contributed by atoms with Crippen molar-refractivity contribution in [3.63, 3.8) is 0 Å². The molecule has 0 aliphatic carbocycles. The zero-order valence-electron chi connectivity index (χ0n) is 10.2. The Morgan fingerprint density at radius 2 is 1.50 bits per heavy atom. The fraction of sp³-hybridized carbons (Fsp3) is 0. The highest BCUT2D eigenvalue weighted by molar-refractivity contribution is 7.99. The van der Waals surface area contributed by atoms with Crippen molar-refractivity contribution in [2.45, 2.75) is 9.79 Å². The summed E-state index contributed by atoms with van der Waals surface area (Å²) in [5.74, 6) is -2.06. The average molecular weight is 289 g/mol. The molecule has 5 nitrogen and oxygen atoms in total. The molecule has 0 radical (unpaired) electrons. The van der Waals surface area contributed by atoms with Crippen LogP contribution >= 0.6 is 11.8 Å². The summed E-state index contributed by atoms with van der Waals surface area (Å²) in [5, 5.41) is 17.8. The van der Waals surface area contributed by atoms with Crippen molar-refractivity contribution in [1.82, 2.24) is 0 Å². The van der Waals surface area contributed by atoms with Crippen molar-refractivity contribution in [2.75, 3.05) is 5.73 Å². The van der Waals surface area contributed by atoms with Crippen LogP contribution in [-0.2, 0) is 0 Å². The monoisotopic (exact) mass is 289 g/mol. The van der Waals surface area contributed by atoms with Gasteiger partial charge in [-0.1, -0.05) is 11.8 Å². The fourth-order valence-electron chi connectivity index (χ4n) is 1.59. The third-order valence-corrected chi connectivity index (χ3v) is 3.59. The van der Waals surface area contributed by atoms with Gasteiger partial charge in [-0.05, 0) is 42.5 Å². The number of anilines is 1. The van der Waals surface area contributed by atoms with Crippen LogP contribution in [0.4, 0.5) is 5.69 Å². The number of nitrogens with two attached hydrogens (primary N) is 1. The summed E-state index contributed by atoms with van der Waals surface area (Å²) in [6.07, 6.45) is 0. The van der Waals surface area contributed by atoms with Crippen LogP contribution in [0.15, 0.2) is 52.3 Å². The van der Waals surface area contributed by atoms with E-state index in [2.05, 4.69) is 0 Å². The molecule has 2 rings (SSSR count). The van der Waals surface area contributed by atoms with E-state index < -0.39 is 11.9 Å². The summed E-state index contributed by atoms with van der Waals surface area (Å²) >= 11 is 1.34. The van der Waals surface area contributed by atoms with E-state index in [-0.39, 0.29) is 16.8 Å². The van der Waals surface area contributed by atoms with E-state index in [0.29, 0.717) is 0 Å². The highest BCUT2D eigenvalue weighted by atomic mass is 32.2. The Balaban J connectivity index is 2.23. The van der Waals surface area contributed by atoms with Crippen LogP contribution in [0, 0.1) is 0 Å². The van der Waals surface area contributed by atoms with Crippen LogP contribution in [0.3, 0.4) is 0 Å². The van der Waals surface area contributed by atoms with Gasteiger partial charge in [-0.25, -0.2) is 9.59 Å². The Bertz CT molecular complexity index is 667. The first-order valence-corrected chi connectivity index (χ1v) is 6.43. The minimum Gasteiger partial charge on any atom is -0.478 e. The van der Waals surface area contributed by atoms with Gasteiger partial charge >= 0.3 is 11.9 Å². The van der Waals surface area contributed by atoms with Crippen LogP contribution in [0.1, 0.15) is 20.7 Å². The summed E-state index contributed by atoms with van der Waals surface area (Å²) in [4.78, 5) is 23.3. The van der Waals surface area contributed by atoms with Gasteiger partial charge in [-0.3, -0.25) is 0 Å². The predicted octanol–water partition coefficient (Wildman–Crippen LogP) is 2.82. The average Bonchev–Trinajstić information content (AvgIpc) is 2.41. The Morgan fingerprint density at radius 1 is 0.900 bits per heavy atom. The number of nitrogen functional groups attached to an aromatic ring is 1. The first-order valence-electron chi connectivity index (χ1n) is 5.61. The largest absolute Gasteiger partial charge is 0.478 e. The molecular weight excluding hydrogens is 278 g/mol. The van der Waals surface area contributed by atoms with Crippen molar-refractivity contribution >= 4 is 29.4 Å². The Labute approximate surface area is 119 Å². The van der Waals surface area contributed by atoms with Crippen LogP contribution in [0.25, 0.3) is 0 Å². The zero-order valence-corrected chi connectivity index (χ0v) is 11.1. The topological polar surface area (TPSA) is 101 Å². The Kier molecular flexibility index (Phi) is 3.95. The van der Waals surface area contributed by atoms with E-state index >= 15 is 0 Å². The molecule has 0 bridgehead atoms. The van der Waals surface area contributed by atoms with Crippen LogP contribution in [-0.4, -0.2) is 22.2 Å². The predicted molar refractivity (Wildman–Crippen MR) is 75.3 cm³/mol. The molecule has 0 aliphatic heterocycles. The molecule has 2 aromatic carbocycles. The molecule has 0 saturated heterocycles. The smallest absolute Gasteiger partial charge is 0.337 e. The number of carboxylic acids is 2. The summed E-state index contributed by atoms with van der Waals surface area (Å²) in [6.45, 7) is 0. The van der Waals surface area contributed by atoms with Gasteiger partial charge in [0.2, 0.25) is 0 Å². The third kappa shape index (κ3) is 3.10. The molecule has 0 aromatic heterocycles. The van der Waals surface area contributed by atoms with Crippen LogP contribution in [0.5, 0.6) is 0 Å². The van der Waals surface area contributed by atoms with Gasteiger partial charge in [-0.15, -0.1) is 0 Å². The van der Waals surface area contributed by atoms with Crippen LogP contribution < -0.4 is 5.73 Å². The second kappa shape index (κ2) is 5.66. The highest BCUT2D eigenvalue weighted by Crippen LogP contribution is 2.30. The summed E-state index contributed by atoms with van der Waals surface area (Å²) in [6, 6.07) is 11.1. The van der Waals surface area contributed by atoms with Gasteiger partial charge in [-0.2, -0.15) is 0 Å². The van der Waals surface area contributed by atoms with Gasteiger partial charge in [0.1, 0.15) is 0 Å². The minimum atomic E-state index is -1.08. The number of rotatable bonds is 4. The minimum absolute atomic E-state index is 0.0529. The molecule has 0 fully saturated rings. The Hall–Kier alpha value is -2.47. The first kappa shape index (κ1) is 14.0. The quantitative estimate of drug-likeness (QED) is 0.748. The van der Waals surface area contributed by atoms with Crippen molar-refractivity contribution in [3.8, 4) is 0 Å². The van der Waals surface area contributed by atoms with E-state index in [4.69, 9.17) is 15.9 Å². The Morgan fingerprint density at radius 3 is 2.05 bits per heavy atom. The molecule has 0 amide bonds. The van der Waals surface area contributed by atoms with Gasteiger partial charge in [0.15, 0.2) is 0 Å². The second-order valence-electron chi connectivity index (χ2n) is 3.99. The van der Waals surface area contributed by atoms with Gasteiger partial charge in [0, 0.05) is 15.5 Å². The third-order valence-electron chi connectivity index (χ3n) is 2.59. The molecule has 4 N–H and O–H groups in total. The summed E-state index contributed by atoms with van der Waals surface area (Å²) in [7, 11) is 0. The van der Waals surface area contributed by atoms with Crippen molar-refractivity contribution in [2.24, 2.45) is 0 Å². The van der Waals surface area contributed by atoms with Gasteiger partial charge < -0.3 is 15.9 Å². The van der Waals surface area contributed by atoms with E-state index in [1.165, 1.54) is 36.0 Å². The molecule has 0 spiro atoms. The maximum atomic E-state index is 11.0. The normalized spacial score (nSPS) is 10.2. The molecule has 0 saturated carbocycles. The van der Waals surface area contributed by atoms with Gasteiger partial charge in [0.05, 0.1) is 11.1 Å².